The number of unbranched alkanes of at least 4 members (excludes halogenated alkanes) is 2. The number of carbonyl (C=O) groups is 2. The average molecular weight is 367 g/mol. The largest absolute Gasteiger partial charge is 0.464 e. The van der Waals surface area contributed by atoms with E-state index < -0.39 is 23.7 Å². The molecule has 0 bridgehead atoms. The van der Waals surface area contributed by atoms with Gasteiger partial charge in [-0.1, -0.05) is 45.2 Å². The Bertz CT molecular complexity index is 596. The summed E-state index contributed by atoms with van der Waals surface area (Å²) in [5, 5.41) is -0.113. The van der Waals surface area contributed by atoms with Crippen LogP contribution in [0.1, 0.15) is 56.3 Å². The van der Waals surface area contributed by atoms with Gasteiger partial charge in [-0.05, 0) is 25.0 Å². The first-order chi connectivity index (χ1) is 12.1. The predicted molar refractivity (Wildman–Crippen MR) is 98.0 cm³/mol. The Morgan fingerprint density at radius 2 is 2.00 bits per heavy atom. The maximum atomic E-state index is 14.1. The number of amides is 1. The van der Waals surface area contributed by atoms with Crippen molar-refractivity contribution < 1.29 is 18.7 Å². The highest BCUT2D eigenvalue weighted by molar-refractivity contribution is 8.00. The Labute approximate surface area is 153 Å². The summed E-state index contributed by atoms with van der Waals surface area (Å²) in [7, 11) is 0. The molecule has 1 aromatic carbocycles. The first-order valence-corrected chi connectivity index (χ1v) is 10.00. The number of nitrogens with zero attached hydrogens (tertiary/aromatic N) is 1. The number of hydrogen-bond donors (Lipinski definition) is 0. The monoisotopic (exact) mass is 367 g/mol. The number of benzene rings is 1. The van der Waals surface area contributed by atoms with Crippen LogP contribution in [-0.4, -0.2) is 40.6 Å². The molecule has 0 radical (unpaired) electrons. The zero-order valence-electron chi connectivity index (χ0n) is 14.9. The van der Waals surface area contributed by atoms with Gasteiger partial charge in [-0.3, -0.25) is 4.79 Å². The van der Waals surface area contributed by atoms with Gasteiger partial charge in [0.1, 0.15) is 11.9 Å². The lowest BCUT2D eigenvalue weighted by Gasteiger charge is -2.28. The molecular weight excluding hydrogens is 341 g/mol. The van der Waals surface area contributed by atoms with Gasteiger partial charge in [0, 0.05) is 5.75 Å². The number of halogens is 1. The maximum Gasteiger partial charge on any atom is 0.329 e. The topological polar surface area (TPSA) is 46.6 Å². The van der Waals surface area contributed by atoms with Crippen LogP contribution >= 0.6 is 11.8 Å². The first kappa shape index (κ1) is 19.8. The van der Waals surface area contributed by atoms with E-state index >= 15 is 0 Å². The highest BCUT2D eigenvalue weighted by atomic mass is 32.2. The standard InChI is InChI=1S/C19H26FNO3S/c1-3-5-6-11-17-21(16(13-25-17)19(23)24-12-4-2)18(22)14-9-7-8-10-15(14)20/h7-10,16-17H,3-6,11-13H2,1-2H3. The Kier molecular flexibility index (Phi) is 7.75. The molecule has 1 amide bonds. The molecule has 6 heteroatoms. The molecule has 0 aromatic heterocycles. The van der Waals surface area contributed by atoms with Crippen LogP contribution in [0.25, 0.3) is 0 Å². The fourth-order valence-corrected chi connectivity index (χ4v) is 4.32. The molecule has 1 saturated heterocycles. The van der Waals surface area contributed by atoms with Crippen molar-refractivity contribution in [1.29, 1.82) is 0 Å². The van der Waals surface area contributed by atoms with Crippen molar-refractivity contribution in [3.8, 4) is 0 Å². The third kappa shape index (κ3) is 4.97. The van der Waals surface area contributed by atoms with Crippen LogP contribution in [0.4, 0.5) is 4.39 Å². The molecule has 1 aromatic rings. The summed E-state index contributed by atoms with van der Waals surface area (Å²) in [6.45, 7) is 4.38. The molecule has 138 valence electrons. The number of rotatable bonds is 8. The molecule has 2 rings (SSSR count). The second-order valence-electron chi connectivity index (χ2n) is 6.16. The highest BCUT2D eigenvalue weighted by Gasteiger charge is 2.42. The molecule has 4 nitrogen and oxygen atoms in total. The zero-order valence-corrected chi connectivity index (χ0v) is 15.7. The van der Waals surface area contributed by atoms with Crippen LogP contribution in [0, 0.1) is 5.82 Å². The Morgan fingerprint density at radius 3 is 2.68 bits per heavy atom. The minimum atomic E-state index is -0.643. The summed E-state index contributed by atoms with van der Waals surface area (Å²) in [5.41, 5.74) is 0.0128. The third-order valence-electron chi connectivity index (χ3n) is 4.21. The minimum absolute atomic E-state index is 0.0128. The van der Waals surface area contributed by atoms with E-state index in [0.29, 0.717) is 12.4 Å². The Balaban J connectivity index is 2.21. The lowest BCUT2D eigenvalue weighted by molar-refractivity contribution is -0.148. The lowest BCUT2D eigenvalue weighted by atomic mass is 10.1. The number of thioether (sulfide) groups is 1. The van der Waals surface area contributed by atoms with Gasteiger partial charge in [-0.2, -0.15) is 0 Å². The van der Waals surface area contributed by atoms with Gasteiger partial charge >= 0.3 is 5.97 Å². The average Bonchev–Trinajstić information content (AvgIpc) is 3.03. The summed E-state index contributed by atoms with van der Waals surface area (Å²) in [5.74, 6) is -0.878. The molecule has 1 aliphatic heterocycles. The number of hydrogen-bond acceptors (Lipinski definition) is 4. The molecule has 0 spiro atoms. The number of esters is 1. The molecule has 0 aliphatic carbocycles. The summed E-state index contributed by atoms with van der Waals surface area (Å²) >= 11 is 1.58. The zero-order chi connectivity index (χ0) is 18.2. The van der Waals surface area contributed by atoms with Crippen LogP contribution in [0.5, 0.6) is 0 Å². The SMILES string of the molecule is CCCCCC1SCC(C(=O)OCCC)N1C(=O)c1ccccc1F. The summed E-state index contributed by atoms with van der Waals surface area (Å²) in [4.78, 5) is 26.9. The van der Waals surface area contributed by atoms with E-state index in [9.17, 15) is 14.0 Å². The second-order valence-corrected chi connectivity index (χ2v) is 7.37. The molecule has 25 heavy (non-hydrogen) atoms. The molecule has 1 aliphatic rings. The molecule has 1 fully saturated rings. The van der Waals surface area contributed by atoms with Crippen molar-refractivity contribution in [2.24, 2.45) is 0 Å². The molecule has 2 unspecified atom stereocenters. The van der Waals surface area contributed by atoms with Crippen molar-refractivity contribution in [2.45, 2.75) is 57.4 Å². The molecule has 2 atom stereocenters. The highest BCUT2D eigenvalue weighted by Crippen LogP contribution is 2.34. The fourth-order valence-electron chi connectivity index (χ4n) is 2.88. The number of ether oxygens (including phenoxy) is 1. The van der Waals surface area contributed by atoms with Crippen LogP contribution in [0.2, 0.25) is 0 Å². The van der Waals surface area contributed by atoms with Crippen molar-refractivity contribution in [1.82, 2.24) is 4.90 Å². The summed E-state index contributed by atoms with van der Waals surface area (Å²) in [6, 6.07) is 5.29. The fraction of sp³-hybridized carbons (Fsp3) is 0.579. The van der Waals surface area contributed by atoms with Gasteiger partial charge in [0.25, 0.3) is 5.91 Å². The van der Waals surface area contributed by atoms with Gasteiger partial charge in [-0.15, -0.1) is 11.8 Å². The van der Waals surface area contributed by atoms with E-state index in [4.69, 9.17) is 4.74 Å². The third-order valence-corrected chi connectivity index (χ3v) is 5.56. The van der Waals surface area contributed by atoms with Crippen LogP contribution in [0.15, 0.2) is 24.3 Å². The predicted octanol–water partition coefficient (Wildman–Crippen LogP) is 4.24. The molecule has 1 heterocycles. The van der Waals surface area contributed by atoms with Crippen LogP contribution in [-0.2, 0) is 9.53 Å². The van der Waals surface area contributed by atoms with E-state index in [0.717, 1.165) is 32.1 Å². The lowest BCUT2D eigenvalue weighted by Crippen LogP contribution is -2.46. The first-order valence-electron chi connectivity index (χ1n) is 8.95. The van der Waals surface area contributed by atoms with Crippen LogP contribution < -0.4 is 0 Å². The minimum Gasteiger partial charge on any atom is -0.464 e. The van der Waals surface area contributed by atoms with Gasteiger partial charge in [-0.25, -0.2) is 9.18 Å². The van der Waals surface area contributed by atoms with Gasteiger partial charge in [0.2, 0.25) is 0 Å². The smallest absolute Gasteiger partial charge is 0.329 e. The van der Waals surface area contributed by atoms with E-state index in [1.807, 2.05) is 6.92 Å². The van der Waals surface area contributed by atoms with Gasteiger partial charge < -0.3 is 9.64 Å². The normalized spacial score (nSPS) is 19.9. The Hall–Kier alpha value is -1.56. The van der Waals surface area contributed by atoms with Crippen molar-refractivity contribution in [3.63, 3.8) is 0 Å². The van der Waals surface area contributed by atoms with Crippen molar-refractivity contribution in [2.75, 3.05) is 12.4 Å². The van der Waals surface area contributed by atoms with Crippen molar-refractivity contribution in [3.05, 3.63) is 35.6 Å². The summed E-state index contributed by atoms with van der Waals surface area (Å²) in [6.07, 6.45) is 4.67. The maximum absolute atomic E-state index is 14.1. The van der Waals surface area contributed by atoms with E-state index in [1.165, 1.54) is 17.0 Å². The Morgan fingerprint density at radius 1 is 1.24 bits per heavy atom. The molecule has 0 saturated carbocycles. The second kappa shape index (κ2) is 9.80. The van der Waals surface area contributed by atoms with Gasteiger partial charge in [0.15, 0.2) is 0 Å². The summed E-state index contributed by atoms with van der Waals surface area (Å²) < 4.78 is 19.3. The van der Waals surface area contributed by atoms with Gasteiger partial charge in [0.05, 0.1) is 17.5 Å². The van der Waals surface area contributed by atoms with Crippen molar-refractivity contribution >= 4 is 23.6 Å². The van der Waals surface area contributed by atoms with E-state index in [-0.39, 0.29) is 10.9 Å². The van der Waals surface area contributed by atoms with E-state index in [1.54, 1.807) is 23.9 Å². The quantitative estimate of drug-likeness (QED) is 0.509. The molecular formula is C19H26FNO3S. The number of carbonyl (C=O) groups excluding carboxylic acids is 2. The van der Waals surface area contributed by atoms with Crippen LogP contribution in [0.3, 0.4) is 0 Å². The van der Waals surface area contributed by atoms with E-state index in [2.05, 4.69) is 6.92 Å². The molecule has 0 N–H and O–H groups in total.